The van der Waals surface area contributed by atoms with E-state index in [0.717, 1.165) is 17.4 Å². The predicted octanol–water partition coefficient (Wildman–Crippen LogP) is -0.147. The number of carbonyl (C=O) groups excluding carboxylic acids is 1. The van der Waals surface area contributed by atoms with Crippen molar-refractivity contribution in [2.24, 2.45) is 13.0 Å². The van der Waals surface area contributed by atoms with Crippen molar-refractivity contribution in [3.8, 4) is 0 Å². The van der Waals surface area contributed by atoms with E-state index in [9.17, 15) is 14.4 Å². The fraction of sp³-hybridized carbons (Fsp3) is 0.615. The maximum atomic E-state index is 11.8. The van der Waals surface area contributed by atoms with E-state index >= 15 is 0 Å². The molecule has 1 saturated heterocycles. The maximum absolute atomic E-state index is 11.8. The van der Waals surface area contributed by atoms with Gasteiger partial charge < -0.3 is 9.64 Å². The Kier molecular flexibility index (Phi) is 4.26. The Labute approximate surface area is 116 Å². The predicted molar refractivity (Wildman–Crippen MR) is 73.9 cm³/mol. The van der Waals surface area contributed by atoms with Gasteiger partial charge in [0.05, 0.1) is 12.5 Å². The van der Waals surface area contributed by atoms with E-state index in [1.165, 1.54) is 13.1 Å². The first-order chi connectivity index (χ1) is 9.52. The monoisotopic (exact) mass is 281 g/mol. The van der Waals surface area contributed by atoms with Crippen LogP contribution in [0.15, 0.2) is 15.7 Å². The normalized spacial score (nSPS) is 18.9. The van der Waals surface area contributed by atoms with E-state index in [4.69, 9.17) is 4.74 Å². The number of aromatic amines is 1. The minimum absolute atomic E-state index is 0.212. The number of carbonyl (C=O) groups is 1. The minimum atomic E-state index is -0.453. The van der Waals surface area contributed by atoms with Crippen molar-refractivity contribution in [2.75, 3.05) is 24.6 Å². The first kappa shape index (κ1) is 14.4. The van der Waals surface area contributed by atoms with Gasteiger partial charge in [0.2, 0.25) is 0 Å². The number of nitrogens with zero attached hydrogens (tertiary/aromatic N) is 2. The number of nitrogens with one attached hydrogen (secondary N) is 1. The van der Waals surface area contributed by atoms with Gasteiger partial charge in [-0.15, -0.1) is 0 Å². The molecule has 2 rings (SSSR count). The van der Waals surface area contributed by atoms with Gasteiger partial charge >= 0.3 is 11.7 Å². The molecule has 0 aromatic carbocycles. The molecule has 1 aromatic rings. The van der Waals surface area contributed by atoms with Crippen LogP contribution in [0.5, 0.6) is 0 Å². The Morgan fingerprint density at radius 3 is 2.90 bits per heavy atom. The van der Waals surface area contributed by atoms with Crippen molar-refractivity contribution in [3.05, 3.63) is 26.9 Å². The van der Waals surface area contributed by atoms with Crippen molar-refractivity contribution >= 4 is 11.8 Å². The van der Waals surface area contributed by atoms with Crippen LogP contribution < -0.4 is 16.1 Å². The number of hydrogen-bond acceptors (Lipinski definition) is 5. The summed E-state index contributed by atoms with van der Waals surface area (Å²) >= 11 is 0. The number of ether oxygens (including phenoxy) is 1. The van der Waals surface area contributed by atoms with E-state index < -0.39 is 5.69 Å². The molecule has 7 nitrogen and oxygen atoms in total. The van der Waals surface area contributed by atoms with Crippen LogP contribution in [-0.2, 0) is 16.6 Å². The van der Waals surface area contributed by atoms with Gasteiger partial charge in [-0.05, 0) is 19.8 Å². The third-order valence-electron chi connectivity index (χ3n) is 3.51. The van der Waals surface area contributed by atoms with Crippen LogP contribution >= 0.6 is 0 Å². The van der Waals surface area contributed by atoms with Gasteiger partial charge in [-0.1, -0.05) is 0 Å². The summed E-state index contributed by atoms with van der Waals surface area (Å²) in [5, 5.41) is 0. The average Bonchev–Trinajstić information content (AvgIpc) is 2.44. The molecule has 0 saturated carbocycles. The van der Waals surface area contributed by atoms with Crippen LogP contribution in [0.3, 0.4) is 0 Å². The summed E-state index contributed by atoms with van der Waals surface area (Å²) < 4.78 is 6.04. The van der Waals surface area contributed by atoms with Gasteiger partial charge in [-0.3, -0.25) is 19.1 Å². The second-order valence-electron chi connectivity index (χ2n) is 4.89. The van der Waals surface area contributed by atoms with E-state index in [1.807, 2.05) is 4.90 Å². The highest BCUT2D eigenvalue weighted by atomic mass is 16.5. The summed E-state index contributed by atoms with van der Waals surface area (Å²) in [5.41, 5.74) is -0.812. The third-order valence-corrected chi connectivity index (χ3v) is 3.51. The Morgan fingerprint density at radius 1 is 1.50 bits per heavy atom. The molecule has 1 aliphatic heterocycles. The van der Waals surface area contributed by atoms with Gasteiger partial charge in [0, 0.05) is 26.2 Å². The van der Waals surface area contributed by atoms with Gasteiger partial charge in [-0.25, -0.2) is 4.79 Å². The van der Waals surface area contributed by atoms with Crippen LogP contribution in [0.4, 0.5) is 5.82 Å². The molecule has 0 bridgehead atoms. The van der Waals surface area contributed by atoms with Crippen molar-refractivity contribution in [1.82, 2.24) is 9.55 Å². The van der Waals surface area contributed by atoms with Gasteiger partial charge in [0.1, 0.15) is 5.82 Å². The number of piperidine rings is 1. The standard InChI is InChI=1S/C13H19N3O4/c1-3-20-12(18)9-5-4-6-16(8-9)10-7-11(17)15(2)13(19)14-10/h7,9H,3-6,8H2,1-2H3,(H,14,19)/t9-/m1/s1. The minimum Gasteiger partial charge on any atom is -0.466 e. The lowest BCUT2D eigenvalue weighted by Gasteiger charge is -2.32. The largest absolute Gasteiger partial charge is 0.466 e. The van der Waals surface area contributed by atoms with Crippen LogP contribution in [0.2, 0.25) is 0 Å². The lowest BCUT2D eigenvalue weighted by atomic mass is 9.98. The third kappa shape index (κ3) is 2.92. The molecule has 20 heavy (non-hydrogen) atoms. The first-order valence-electron chi connectivity index (χ1n) is 6.75. The molecule has 0 aliphatic carbocycles. The molecule has 1 atom stereocenters. The number of aromatic nitrogens is 2. The molecule has 0 spiro atoms. The average molecular weight is 281 g/mol. The van der Waals surface area contributed by atoms with E-state index in [1.54, 1.807) is 6.92 Å². The summed E-state index contributed by atoms with van der Waals surface area (Å²) in [5.74, 6) is 0.0340. The van der Waals surface area contributed by atoms with E-state index in [-0.39, 0.29) is 17.4 Å². The molecule has 1 aliphatic rings. The fourth-order valence-electron chi connectivity index (χ4n) is 2.36. The molecular weight excluding hydrogens is 262 g/mol. The molecule has 0 amide bonds. The van der Waals surface area contributed by atoms with Crippen LogP contribution in [0.25, 0.3) is 0 Å². The Balaban J connectivity index is 2.19. The number of anilines is 1. The summed E-state index contributed by atoms with van der Waals surface area (Å²) in [6.07, 6.45) is 1.59. The van der Waals surface area contributed by atoms with Crippen LogP contribution in [0, 0.1) is 5.92 Å². The smallest absolute Gasteiger partial charge is 0.329 e. The van der Waals surface area contributed by atoms with Gasteiger partial charge in [-0.2, -0.15) is 0 Å². The van der Waals surface area contributed by atoms with Gasteiger partial charge in [0.25, 0.3) is 5.56 Å². The zero-order chi connectivity index (χ0) is 14.7. The summed E-state index contributed by atoms with van der Waals surface area (Å²) in [6.45, 7) is 3.30. The number of rotatable bonds is 3. The molecule has 1 aromatic heterocycles. The Bertz CT molecular complexity index is 573. The molecule has 1 N–H and O–H groups in total. The quantitative estimate of drug-likeness (QED) is 0.779. The Hall–Kier alpha value is -2.05. The lowest BCUT2D eigenvalue weighted by Crippen LogP contribution is -2.42. The number of H-pyrrole nitrogens is 1. The second-order valence-corrected chi connectivity index (χ2v) is 4.89. The number of hydrogen-bond donors (Lipinski definition) is 1. The second kappa shape index (κ2) is 5.94. The Morgan fingerprint density at radius 2 is 2.25 bits per heavy atom. The first-order valence-corrected chi connectivity index (χ1v) is 6.75. The molecule has 1 fully saturated rings. The van der Waals surface area contributed by atoms with Crippen molar-refractivity contribution in [2.45, 2.75) is 19.8 Å². The van der Waals surface area contributed by atoms with Crippen LogP contribution in [-0.4, -0.2) is 35.2 Å². The van der Waals surface area contributed by atoms with Crippen molar-refractivity contribution < 1.29 is 9.53 Å². The highest BCUT2D eigenvalue weighted by molar-refractivity contribution is 5.73. The lowest BCUT2D eigenvalue weighted by molar-refractivity contribution is -0.148. The summed E-state index contributed by atoms with van der Waals surface area (Å²) in [7, 11) is 1.42. The highest BCUT2D eigenvalue weighted by Crippen LogP contribution is 2.21. The summed E-state index contributed by atoms with van der Waals surface area (Å²) in [4.78, 5) is 39.5. The molecule has 2 heterocycles. The van der Waals surface area contributed by atoms with Crippen LogP contribution in [0.1, 0.15) is 19.8 Å². The molecule has 0 unspecified atom stereocenters. The maximum Gasteiger partial charge on any atom is 0.329 e. The van der Waals surface area contributed by atoms with E-state index in [0.29, 0.717) is 25.5 Å². The van der Waals surface area contributed by atoms with Crippen molar-refractivity contribution in [3.63, 3.8) is 0 Å². The molecule has 7 heteroatoms. The molecular formula is C13H19N3O4. The zero-order valence-corrected chi connectivity index (χ0v) is 11.7. The zero-order valence-electron chi connectivity index (χ0n) is 11.7. The SMILES string of the molecule is CCOC(=O)[C@@H]1CCCN(c2cc(=O)n(C)c(=O)[nH]2)C1. The molecule has 0 radical (unpaired) electrons. The topological polar surface area (TPSA) is 84.4 Å². The van der Waals surface area contributed by atoms with Crippen molar-refractivity contribution in [1.29, 1.82) is 0 Å². The van der Waals surface area contributed by atoms with Gasteiger partial charge in [0.15, 0.2) is 0 Å². The van der Waals surface area contributed by atoms with E-state index in [2.05, 4.69) is 4.98 Å². The summed E-state index contributed by atoms with van der Waals surface area (Å²) in [6, 6.07) is 1.38. The fourth-order valence-corrected chi connectivity index (χ4v) is 2.36. The highest BCUT2D eigenvalue weighted by Gasteiger charge is 2.27. The molecule has 110 valence electrons. The number of esters is 1.